The highest BCUT2D eigenvalue weighted by Gasteiger charge is 2.13. The van der Waals surface area contributed by atoms with Crippen molar-refractivity contribution in [2.75, 3.05) is 30.4 Å². The van der Waals surface area contributed by atoms with Gasteiger partial charge in [0.2, 0.25) is 5.95 Å². The lowest BCUT2D eigenvalue weighted by molar-refractivity contribution is 0.159. The highest BCUT2D eigenvalue weighted by atomic mass is 32.2. The molecule has 0 radical (unpaired) electrons. The van der Waals surface area contributed by atoms with E-state index in [0.717, 1.165) is 10.4 Å². The molecule has 2 aromatic heterocycles. The first-order valence-corrected chi connectivity index (χ1v) is 12.5. The molecular formula is C21H25N5O4S2. The van der Waals surface area contributed by atoms with E-state index in [2.05, 4.69) is 31.2 Å². The standard InChI is InChI=1S/C21H25N5O4S2/c1-3-30-21(28)26-32(2,29)16-9-7-15(8-10-16)24-20-23-14-17(18-6-4-13-31-18)19(25-20)22-11-5-12-27/h4,6-10,13-14,27H,2-3,5,11-12H2,1H3,(H,26,28,29)(H2,22,23,24,25). The van der Waals surface area contributed by atoms with Gasteiger partial charge in [0.15, 0.2) is 0 Å². The fourth-order valence-corrected chi connectivity index (χ4v) is 4.48. The Kier molecular flexibility index (Phi) is 8.03. The molecule has 0 aliphatic rings. The molecule has 0 bridgehead atoms. The highest BCUT2D eigenvalue weighted by molar-refractivity contribution is 7.99. The number of rotatable bonds is 10. The van der Waals surface area contributed by atoms with Gasteiger partial charge in [-0.05, 0) is 54.9 Å². The molecule has 9 nitrogen and oxygen atoms in total. The number of benzene rings is 1. The van der Waals surface area contributed by atoms with E-state index >= 15 is 0 Å². The molecule has 11 heteroatoms. The molecule has 0 spiro atoms. The van der Waals surface area contributed by atoms with Gasteiger partial charge in [-0.2, -0.15) is 4.98 Å². The van der Waals surface area contributed by atoms with E-state index in [1.165, 1.54) is 0 Å². The zero-order valence-corrected chi connectivity index (χ0v) is 19.2. The van der Waals surface area contributed by atoms with Crippen LogP contribution >= 0.6 is 11.3 Å². The lowest BCUT2D eigenvalue weighted by Crippen LogP contribution is -2.30. The normalized spacial score (nSPS) is 12.6. The van der Waals surface area contributed by atoms with Crippen molar-refractivity contribution >= 4 is 50.5 Å². The molecule has 0 fully saturated rings. The maximum Gasteiger partial charge on any atom is 0.418 e. The van der Waals surface area contributed by atoms with Crippen molar-refractivity contribution in [2.45, 2.75) is 18.2 Å². The minimum absolute atomic E-state index is 0.0877. The molecule has 32 heavy (non-hydrogen) atoms. The van der Waals surface area contributed by atoms with Gasteiger partial charge in [-0.1, -0.05) is 6.07 Å². The van der Waals surface area contributed by atoms with Crippen LogP contribution in [0.4, 0.5) is 22.2 Å². The van der Waals surface area contributed by atoms with Crippen molar-refractivity contribution in [3.8, 4) is 10.4 Å². The van der Waals surface area contributed by atoms with E-state index < -0.39 is 15.8 Å². The zero-order valence-electron chi connectivity index (χ0n) is 17.5. The number of aromatic nitrogens is 2. The summed E-state index contributed by atoms with van der Waals surface area (Å²) in [5.74, 6) is 4.64. The number of nitrogens with one attached hydrogen (secondary N) is 3. The number of amides is 1. The van der Waals surface area contributed by atoms with E-state index in [0.29, 0.717) is 35.3 Å². The number of ether oxygens (including phenoxy) is 1. The number of anilines is 3. The van der Waals surface area contributed by atoms with E-state index in [9.17, 15) is 9.00 Å². The van der Waals surface area contributed by atoms with Crippen molar-refractivity contribution in [3.05, 3.63) is 48.0 Å². The number of nitrogens with zero attached hydrogens (tertiary/aromatic N) is 2. The molecule has 1 aromatic carbocycles. The summed E-state index contributed by atoms with van der Waals surface area (Å²) in [4.78, 5) is 21.9. The van der Waals surface area contributed by atoms with Gasteiger partial charge in [0.25, 0.3) is 0 Å². The van der Waals surface area contributed by atoms with Gasteiger partial charge in [0.1, 0.15) is 5.82 Å². The molecular weight excluding hydrogens is 450 g/mol. The lowest BCUT2D eigenvalue weighted by Gasteiger charge is -2.13. The maximum atomic E-state index is 12.7. The molecule has 0 saturated heterocycles. The van der Waals surface area contributed by atoms with E-state index in [-0.39, 0.29) is 13.2 Å². The molecule has 3 rings (SSSR count). The van der Waals surface area contributed by atoms with Crippen LogP contribution in [0.25, 0.3) is 10.4 Å². The second-order valence-corrected chi connectivity index (χ2v) is 9.56. The number of aliphatic hydroxyl groups excluding tert-OH is 1. The minimum Gasteiger partial charge on any atom is -0.449 e. The third kappa shape index (κ3) is 6.19. The van der Waals surface area contributed by atoms with Crippen molar-refractivity contribution < 1.29 is 18.8 Å². The zero-order chi connectivity index (χ0) is 23.0. The van der Waals surface area contributed by atoms with Gasteiger partial charge in [-0.15, -0.1) is 11.3 Å². The first-order chi connectivity index (χ1) is 15.4. The molecule has 1 atom stereocenters. The smallest absolute Gasteiger partial charge is 0.418 e. The topological polar surface area (TPSA) is 125 Å². The molecule has 170 valence electrons. The number of aliphatic hydroxyl groups is 1. The van der Waals surface area contributed by atoms with Crippen molar-refractivity contribution in [1.82, 2.24) is 14.7 Å². The van der Waals surface area contributed by atoms with Crippen molar-refractivity contribution in [2.24, 2.45) is 0 Å². The number of carbonyl (C=O) groups excluding carboxylic acids is 1. The van der Waals surface area contributed by atoms with Crippen molar-refractivity contribution in [3.63, 3.8) is 0 Å². The van der Waals surface area contributed by atoms with Crippen LogP contribution in [-0.4, -0.2) is 51.0 Å². The average molecular weight is 476 g/mol. The molecule has 0 aliphatic carbocycles. The summed E-state index contributed by atoms with van der Waals surface area (Å²) in [6.45, 7) is 2.50. The van der Waals surface area contributed by atoms with Crippen LogP contribution in [0.15, 0.2) is 52.9 Å². The quantitative estimate of drug-likeness (QED) is 0.259. The second kappa shape index (κ2) is 10.9. The number of hydrogen-bond acceptors (Lipinski definition) is 9. The van der Waals surface area contributed by atoms with Gasteiger partial charge in [-0.25, -0.2) is 18.7 Å². The first kappa shape index (κ1) is 23.5. The maximum absolute atomic E-state index is 12.7. The molecule has 1 unspecified atom stereocenters. The van der Waals surface area contributed by atoms with Crippen LogP contribution in [0, 0.1) is 0 Å². The Morgan fingerprint density at radius 2 is 2.06 bits per heavy atom. The molecule has 3 aromatic rings. The van der Waals surface area contributed by atoms with E-state index in [1.54, 1.807) is 48.7 Å². The fraction of sp³-hybridized carbons (Fsp3) is 0.238. The van der Waals surface area contributed by atoms with E-state index in [4.69, 9.17) is 9.84 Å². The Morgan fingerprint density at radius 3 is 2.72 bits per heavy atom. The van der Waals surface area contributed by atoms with Gasteiger partial charge in [-0.3, -0.25) is 0 Å². The van der Waals surface area contributed by atoms with Crippen LogP contribution in [0.1, 0.15) is 13.3 Å². The van der Waals surface area contributed by atoms with Crippen molar-refractivity contribution in [1.29, 1.82) is 0 Å². The SMILES string of the molecule is C=S(=O)(NC(=O)OCC)c1ccc(Nc2ncc(-c3cccs3)c(NCCCO)n2)cc1. The van der Waals surface area contributed by atoms with E-state index in [1.807, 2.05) is 17.5 Å². The highest BCUT2D eigenvalue weighted by Crippen LogP contribution is 2.31. The summed E-state index contributed by atoms with van der Waals surface area (Å²) < 4.78 is 19.7. The van der Waals surface area contributed by atoms with Crippen LogP contribution in [0.2, 0.25) is 0 Å². The average Bonchev–Trinajstić information content (AvgIpc) is 3.29. The van der Waals surface area contributed by atoms with Crippen LogP contribution in [0.5, 0.6) is 0 Å². The molecule has 0 saturated carbocycles. The molecule has 0 aliphatic heterocycles. The predicted octanol–water partition coefficient (Wildman–Crippen LogP) is 3.48. The van der Waals surface area contributed by atoms with Gasteiger partial charge in [0, 0.05) is 34.8 Å². The fourth-order valence-electron chi connectivity index (χ4n) is 2.72. The second-order valence-electron chi connectivity index (χ2n) is 6.58. The Morgan fingerprint density at radius 1 is 1.28 bits per heavy atom. The largest absolute Gasteiger partial charge is 0.449 e. The monoisotopic (exact) mass is 475 g/mol. The minimum atomic E-state index is -3.03. The van der Waals surface area contributed by atoms with Gasteiger partial charge < -0.3 is 20.5 Å². The Balaban J connectivity index is 1.76. The number of thiophene rings is 1. The number of hydrogen-bond donors (Lipinski definition) is 4. The summed E-state index contributed by atoms with van der Waals surface area (Å²) in [5, 5.41) is 17.4. The summed E-state index contributed by atoms with van der Waals surface area (Å²) >= 11 is 1.59. The summed E-state index contributed by atoms with van der Waals surface area (Å²) in [6.07, 6.45) is 1.56. The summed E-state index contributed by atoms with van der Waals surface area (Å²) in [6, 6.07) is 10.6. The first-order valence-electron chi connectivity index (χ1n) is 9.87. The van der Waals surface area contributed by atoms with Gasteiger partial charge in [0.05, 0.1) is 21.9 Å². The number of carbonyl (C=O) groups is 1. The predicted molar refractivity (Wildman–Crippen MR) is 129 cm³/mol. The third-order valence-corrected chi connectivity index (χ3v) is 6.65. The molecule has 1 amide bonds. The Hall–Kier alpha value is -3.15. The lowest BCUT2D eigenvalue weighted by atomic mass is 10.2. The Labute approximate surface area is 191 Å². The molecule has 2 heterocycles. The molecule has 4 N–H and O–H groups in total. The van der Waals surface area contributed by atoms with Crippen LogP contribution < -0.4 is 15.4 Å². The summed E-state index contributed by atoms with van der Waals surface area (Å²) in [5.41, 5.74) is 1.55. The Bertz CT molecular complexity index is 1130. The third-order valence-electron chi connectivity index (χ3n) is 4.22. The van der Waals surface area contributed by atoms with Crippen LogP contribution in [-0.2, 0) is 14.4 Å². The van der Waals surface area contributed by atoms with Gasteiger partial charge >= 0.3 is 6.09 Å². The summed E-state index contributed by atoms with van der Waals surface area (Å²) in [7, 11) is -3.03. The van der Waals surface area contributed by atoms with Crippen LogP contribution in [0.3, 0.4) is 0 Å².